The molecule has 1 aliphatic heterocycles. The van der Waals surface area contributed by atoms with Gasteiger partial charge in [0.15, 0.2) is 0 Å². The van der Waals surface area contributed by atoms with Crippen LogP contribution in [0, 0.1) is 5.92 Å². The van der Waals surface area contributed by atoms with Crippen LogP contribution < -0.4 is 0 Å². The summed E-state index contributed by atoms with van der Waals surface area (Å²) in [6, 6.07) is 0. The van der Waals surface area contributed by atoms with Gasteiger partial charge < -0.3 is 4.74 Å². The molecule has 0 saturated carbocycles. The standard InChI is InChI=1S/C11H13F3O/c12-11(13,14)7-6-9-5-4-8-2-1-3-10(8)15-9/h1-3,8-9H,4-7H2. The molecule has 0 aromatic carbocycles. The summed E-state index contributed by atoms with van der Waals surface area (Å²) in [7, 11) is 0. The van der Waals surface area contributed by atoms with Crippen LogP contribution in [-0.2, 0) is 4.74 Å². The second-order valence-electron chi connectivity index (χ2n) is 4.03. The van der Waals surface area contributed by atoms with Crippen molar-refractivity contribution < 1.29 is 17.9 Å². The SMILES string of the molecule is FC(F)(F)CCC1CCC2C=CC=C2O1. The molecule has 2 rings (SSSR count). The summed E-state index contributed by atoms with van der Waals surface area (Å²) in [5.41, 5.74) is 0. The summed E-state index contributed by atoms with van der Waals surface area (Å²) in [5.74, 6) is 1.15. The molecule has 1 fully saturated rings. The van der Waals surface area contributed by atoms with E-state index in [-0.39, 0.29) is 12.5 Å². The number of halogens is 3. The van der Waals surface area contributed by atoms with Gasteiger partial charge in [-0.3, -0.25) is 0 Å². The highest BCUT2D eigenvalue weighted by atomic mass is 19.4. The molecule has 0 amide bonds. The number of rotatable bonds is 2. The van der Waals surface area contributed by atoms with Gasteiger partial charge in [0, 0.05) is 12.3 Å². The van der Waals surface area contributed by atoms with E-state index in [4.69, 9.17) is 4.74 Å². The van der Waals surface area contributed by atoms with E-state index < -0.39 is 12.6 Å². The number of hydrogen-bond acceptors (Lipinski definition) is 1. The molecular weight excluding hydrogens is 205 g/mol. The van der Waals surface area contributed by atoms with E-state index >= 15 is 0 Å². The molecule has 1 aliphatic carbocycles. The normalized spacial score (nSPS) is 29.7. The Balaban J connectivity index is 1.81. The van der Waals surface area contributed by atoms with Gasteiger partial charge in [-0.1, -0.05) is 12.2 Å². The van der Waals surface area contributed by atoms with Crippen molar-refractivity contribution in [2.75, 3.05) is 0 Å². The lowest BCUT2D eigenvalue weighted by atomic mass is 9.95. The van der Waals surface area contributed by atoms with Crippen LogP contribution >= 0.6 is 0 Å². The zero-order valence-electron chi connectivity index (χ0n) is 8.26. The summed E-state index contributed by atoms with van der Waals surface area (Å²) in [6.45, 7) is 0. The lowest BCUT2D eigenvalue weighted by molar-refractivity contribution is -0.141. The second kappa shape index (κ2) is 3.91. The maximum absolute atomic E-state index is 12.0. The fourth-order valence-corrected chi connectivity index (χ4v) is 2.01. The zero-order valence-corrected chi connectivity index (χ0v) is 8.26. The predicted molar refractivity (Wildman–Crippen MR) is 50.1 cm³/mol. The van der Waals surface area contributed by atoms with Gasteiger partial charge in [0.1, 0.15) is 5.76 Å². The van der Waals surface area contributed by atoms with Crippen LogP contribution in [0.15, 0.2) is 24.0 Å². The van der Waals surface area contributed by atoms with Gasteiger partial charge in [-0.15, -0.1) is 0 Å². The Morgan fingerprint density at radius 2 is 2.13 bits per heavy atom. The van der Waals surface area contributed by atoms with Gasteiger partial charge in [0.25, 0.3) is 0 Å². The molecular formula is C11H13F3O. The Hall–Kier alpha value is -0.930. The molecule has 1 heterocycles. The molecule has 4 heteroatoms. The minimum Gasteiger partial charge on any atom is -0.494 e. The van der Waals surface area contributed by atoms with E-state index in [1.54, 1.807) is 0 Å². The van der Waals surface area contributed by atoms with Crippen molar-refractivity contribution in [3.63, 3.8) is 0 Å². The predicted octanol–water partition coefficient (Wildman–Crippen LogP) is 3.58. The van der Waals surface area contributed by atoms with Crippen molar-refractivity contribution in [1.82, 2.24) is 0 Å². The van der Waals surface area contributed by atoms with Crippen LogP contribution in [0.1, 0.15) is 25.7 Å². The average Bonchev–Trinajstić information content (AvgIpc) is 2.60. The summed E-state index contributed by atoms with van der Waals surface area (Å²) in [6.07, 6.45) is 2.44. The highest BCUT2D eigenvalue weighted by Gasteiger charge is 2.32. The lowest BCUT2D eigenvalue weighted by Gasteiger charge is -2.29. The molecule has 0 N–H and O–H groups in total. The Morgan fingerprint density at radius 3 is 2.87 bits per heavy atom. The van der Waals surface area contributed by atoms with Gasteiger partial charge in [-0.25, -0.2) is 0 Å². The summed E-state index contributed by atoms with van der Waals surface area (Å²) < 4.78 is 41.5. The number of ether oxygens (including phenoxy) is 1. The quantitative estimate of drug-likeness (QED) is 0.688. The van der Waals surface area contributed by atoms with Crippen molar-refractivity contribution in [3.05, 3.63) is 24.0 Å². The van der Waals surface area contributed by atoms with Crippen LogP contribution in [0.4, 0.5) is 13.2 Å². The van der Waals surface area contributed by atoms with Gasteiger partial charge in [0.05, 0.1) is 6.10 Å². The van der Waals surface area contributed by atoms with E-state index in [1.807, 2.05) is 18.2 Å². The van der Waals surface area contributed by atoms with E-state index in [0.29, 0.717) is 5.92 Å². The Labute approximate surface area is 86.6 Å². The molecule has 15 heavy (non-hydrogen) atoms. The summed E-state index contributed by atoms with van der Waals surface area (Å²) in [5, 5.41) is 0. The number of allylic oxidation sites excluding steroid dienone is 3. The minimum atomic E-state index is -4.07. The molecule has 1 nitrogen and oxygen atoms in total. The highest BCUT2D eigenvalue weighted by Crippen LogP contribution is 2.35. The fraction of sp³-hybridized carbons (Fsp3) is 0.636. The maximum Gasteiger partial charge on any atom is 0.389 e. The van der Waals surface area contributed by atoms with E-state index in [0.717, 1.165) is 18.6 Å². The van der Waals surface area contributed by atoms with Gasteiger partial charge >= 0.3 is 6.18 Å². The third-order valence-electron chi connectivity index (χ3n) is 2.82. The maximum atomic E-state index is 12.0. The third-order valence-corrected chi connectivity index (χ3v) is 2.82. The Kier molecular flexibility index (Phi) is 2.76. The smallest absolute Gasteiger partial charge is 0.389 e. The monoisotopic (exact) mass is 218 g/mol. The first-order chi connectivity index (χ1) is 7.04. The number of hydrogen-bond donors (Lipinski definition) is 0. The fourth-order valence-electron chi connectivity index (χ4n) is 2.01. The topological polar surface area (TPSA) is 9.23 Å². The van der Waals surface area contributed by atoms with Crippen LogP contribution in [0.25, 0.3) is 0 Å². The van der Waals surface area contributed by atoms with Crippen molar-refractivity contribution >= 4 is 0 Å². The lowest BCUT2D eigenvalue weighted by Crippen LogP contribution is -2.24. The molecule has 2 unspecified atom stereocenters. The van der Waals surface area contributed by atoms with Crippen LogP contribution in [-0.4, -0.2) is 12.3 Å². The summed E-state index contributed by atoms with van der Waals surface area (Å²) in [4.78, 5) is 0. The molecule has 0 spiro atoms. The molecule has 2 aliphatic rings. The second-order valence-corrected chi connectivity index (χ2v) is 4.03. The van der Waals surface area contributed by atoms with Gasteiger partial charge in [0.2, 0.25) is 0 Å². The largest absolute Gasteiger partial charge is 0.494 e. The molecule has 84 valence electrons. The average molecular weight is 218 g/mol. The number of alkyl halides is 3. The first-order valence-electron chi connectivity index (χ1n) is 5.16. The van der Waals surface area contributed by atoms with Crippen LogP contribution in [0.5, 0.6) is 0 Å². The zero-order chi connectivity index (χ0) is 10.9. The molecule has 0 radical (unpaired) electrons. The van der Waals surface area contributed by atoms with Gasteiger partial charge in [-0.05, 0) is 25.3 Å². The third kappa shape index (κ3) is 2.76. The molecule has 1 saturated heterocycles. The first kappa shape index (κ1) is 10.6. The molecule has 0 aromatic heterocycles. The molecule has 0 aromatic rings. The van der Waals surface area contributed by atoms with Crippen LogP contribution in [0.3, 0.4) is 0 Å². The van der Waals surface area contributed by atoms with Crippen molar-refractivity contribution in [3.8, 4) is 0 Å². The van der Waals surface area contributed by atoms with E-state index in [2.05, 4.69) is 0 Å². The van der Waals surface area contributed by atoms with E-state index in [9.17, 15) is 13.2 Å². The van der Waals surface area contributed by atoms with Gasteiger partial charge in [-0.2, -0.15) is 13.2 Å². The minimum absolute atomic E-state index is 0.0769. The first-order valence-corrected chi connectivity index (χ1v) is 5.16. The van der Waals surface area contributed by atoms with Crippen LogP contribution in [0.2, 0.25) is 0 Å². The van der Waals surface area contributed by atoms with Crippen molar-refractivity contribution in [2.24, 2.45) is 5.92 Å². The molecule has 0 bridgehead atoms. The Morgan fingerprint density at radius 1 is 1.33 bits per heavy atom. The van der Waals surface area contributed by atoms with Crippen molar-refractivity contribution in [2.45, 2.75) is 38.0 Å². The molecule has 2 atom stereocenters. The Bertz CT molecular complexity index is 291. The summed E-state index contributed by atoms with van der Waals surface area (Å²) >= 11 is 0. The highest BCUT2D eigenvalue weighted by molar-refractivity contribution is 5.24. The number of fused-ring (bicyclic) bond motifs is 1. The van der Waals surface area contributed by atoms with E-state index in [1.165, 1.54) is 0 Å². The van der Waals surface area contributed by atoms with Crippen molar-refractivity contribution in [1.29, 1.82) is 0 Å².